The van der Waals surface area contributed by atoms with E-state index in [1.807, 2.05) is 18.3 Å². The predicted octanol–water partition coefficient (Wildman–Crippen LogP) is 6.00. The first-order valence-corrected chi connectivity index (χ1v) is 12.2. The van der Waals surface area contributed by atoms with Gasteiger partial charge in [-0.15, -0.1) is 0 Å². The highest BCUT2D eigenvalue weighted by Gasteiger charge is 2.17. The van der Waals surface area contributed by atoms with Crippen LogP contribution in [-0.4, -0.2) is 37.8 Å². The molecule has 0 saturated carbocycles. The van der Waals surface area contributed by atoms with E-state index in [9.17, 15) is 0 Å². The van der Waals surface area contributed by atoms with Crippen molar-refractivity contribution in [1.29, 1.82) is 0 Å². The fourth-order valence-corrected chi connectivity index (χ4v) is 4.14. The van der Waals surface area contributed by atoms with E-state index < -0.39 is 0 Å². The molecular weight excluding hydrogens is 403 g/mol. The highest BCUT2D eigenvalue weighted by Crippen LogP contribution is 2.31. The fraction of sp³-hybridized carbons (Fsp3) is 0.393. The van der Waals surface area contributed by atoms with Crippen molar-refractivity contribution in [3.05, 3.63) is 77.3 Å². The molecular formula is C28H37BN4. The third-order valence-electron chi connectivity index (χ3n) is 6.02. The van der Waals surface area contributed by atoms with Gasteiger partial charge in [-0.05, 0) is 86.5 Å². The predicted molar refractivity (Wildman–Crippen MR) is 145 cm³/mol. The number of hydrogen-bond acceptors (Lipinski definition) is 3. The molecule has 2 radical (unpaired) electrons. The molecule has 0 bridgehead atoms. The van der Waals surface area contributed by atoms with Gasteiger partial charge in [-0.25, -0.2) is 4.99 Å². The van der Waals surface area contributed by atoms with Gasteiger partial charge in [-0.3, -0.25) is 0 Å². The second-order valence-corrected chi connectivity index (χ2v) is 8.65. The molecule has 1 aromatic carbocycles. The number of anilines is 1. The Bertz CT molecular complexity index is 1020. The van der Waals surface area contributed by atoms with Gasteiger partial charge in [-0.1, -0.05) is 44.9 Å². The summed E-state index contributed by atoms with van der Waals surface area (Å²) >= 11 is 0. The maximum Gasteiger partial charge on any atom is 0.234 e. The van der Waals surface area contributed by atoms with E-state index in [1.165, 1.54) is 36.9 Å². The summed E-state index contributed by atoms with van der Waals surface area (Å²) in [5, 5.41) is 0. The molecule has 0 saturated heterocycles. The summed E-state index contributed by atoms with van der Waals surface area (Å²) in [6, 6.07) is 12.8. The summed E-state index contributed by atoms with van der Waals surface area (Å²) in [4.78, 5) is 7.41. The Morgan fingerprint density at radius 3 is 2.33 bits per heavy atom. The number of benzene rings is 1. The van der Waals surface area contributed by atoms with Gasteiger partial charge in [0.05, 0.1) is 11.4 Å². The van der Waals surface area contributed by atoms with Crippen LogP contribution < -0.4 is 10.6 Å². The number of rotatable bonds is 12. The van der Waals surface area contributed by atoms with Crippen molar-refractivity contribution in [3.8, 4) is 0 Å². The molecule has 1 aromatic heterocycles. The van der Waals surface area contributed by atoms with Gasteiger partial charge in [0.1, 0.15) is 0 Å². The van der Waals surface area contributed by atoms with Crippen molar-refractivity contribution in [1.82, 2.24) is 4.48 Å². The van der Waals surface area contributed by atoms with Gasteiger partial charge < -0.3 is 15.1 Å². The van der Waals surface area contributed by atoms with Gasteiger partial charge in [0.2, 0.25) is 7.98 Å². The minimum absolute atomic E-state index is 0.553. The molecule has 1 aliphatic rings. The van der Waals surface area contributed by atoms with Gasteiger partial charge in [0, 0.05) is 30.0 Å². The van der Waals surface area contributed by atoms with Crippen LogP contribution in [0.5, 0.6) is 0 Å². The molecule has 2 N–H and O–H groups in total. The number of aromatic nitrogens is 1. The summed E-state index contributed by atoms with van der Waals surface area (Å²) in [6.45, 7) is 9.40. The molecule has 0 fully saturated rings. The second kappa shape index (κ2) is 12.5. The Balaban J connectivity index is 1.77. The van der Waals surface area contributed by atoms with Crippen LogP contribution in [0.1, 0.15) is 64.1 Å². The highest BCUT2D eigenvalue weighted by atomic mass is 15.1. The SMILES string of the molecule is [B]n1cccc1/C(CCN)=C1N=C(/C=C/c2ccc(N(CCCC)CCCC)cc2)C=C\1C. The molecule has 33 heavy (non-hydrogen) atoms. The lowest BCUT2D eigenvalue weighted by atomic mass is 10.0. The van der Waals surface area contributed by atoms with Crippen LogP contribution in [0.25, 0.3) is 11.6 Å². The van der Waals surface area contributed by atoms with Crippen LogP contribution in [0.2, 0.25) is 0 Å². The van der Waals surface area contributed by atoms with Crippen molar-refractivity contribution in [2.24, 2.45) is 10.7 Å². The zero-order chi connectivity index (χ0) is 23.6. The number of unbranched alkanes of at least 4 members (excludes halogenated alkanes) is 2. The highest BCUT2D eigenvalue weighted by molar-refractivity contribution is 6.11. The molecule has 2 heterocycles. The summed E-state index contributed by atoms with van der Waals surface area (Å²) in [5.74, 6) is 0. The fourth-order valence-electron chi connectivity index (χ4n) is 4.14. The van der Waals surface area contributed by atoms with Crippen molar-refractivity contribution < 1.29 is 0 Å². The molecule has 172 valence electrons. The minimum Gasteiger partial charge on any atom is -0.403 e. The van der Waals surface area contributed by atoms with E-state index in [0.717, 1.165) is 47.8 Å². The molecule has 2 aromatic rings. The molecule has 1 aliphatic heterocycles. The maximum atomic E-state index is 6.10. The third-order valence-corrected chi connectivity index (χ3v) is 6.02. The largest absolute Gasteiger partial charge is 0.403 e. The normalized spacial score (nSPS) is 15.2. The Kier molecular flexibility index (Phi) is 9.38. The standard InChI is InChI=1S/C28H37BN4/c1-4-6-18-32(19-7-5-2)25-14-11-23(12-15-25)10-13-24-21-22(3)28(31-24)26(16-17-30)27-9-8-20-33(27)29/h8-15,20-21H,4-7,16-19,30H2,1-3H3/b13-10+,28-26-. The van der Waals surface area contributed by atoms with Crippen molar-refractivity contribution >= 4 is 31.0 Å². The second-order valence-electron chi connectivity index (χ2n) is 8.65. The first kappa shape index (κ1) is 24.8. The Labute approximate surface area is 201 Å². The van der Waals surface area contributed by atoms with Crippen LogP contribution in [0.4, 0.5) is 5.69 Å². The summed E-state index contributed by atoms with van der Waals surface area (Å²) in [5.41, 5.74) is 13.5. The molecule has 0 amide bonds. The average molecular weight is 440 g/mol. The number of hydrogen-bond donors (Lipinski definition) is 1. The Morgan fingerprint density at radius 1 is 1.06 bits per heavy atom. The summed E-state index contributed by atoms with van der Waals surface area (Å²) in [6.07, 6.45) is 13.8. The number of nitrogens with zero attached hydrogens (tertiary/aromatic N) is 3. The van der Waals surface area contributed by atoms with Crippen LogP contribution in [0, 0.1) is 0 Å². The van der Waals surface area contributed by atoms with Gasteiger partial charge in [0.25, 0.3) is 0 Å². The van der Waals surface area contributed by atoms with E-state index in [0.29, 0.717) is 6.54 Å². The van der Waals surface area contributed by atoms with E-state index in [2.05, 4.69) is 68.2 Å². The number of aliphatic imine (C=N–C) groups is 1. The van der Waals surface area contributed by atoms with E-state index in [1.54, 1.807) is 4.48 Å². The van der Waals surface area contributed by atoms with Gasteiger partial charge in [-0.2, -0.15) is 0 Å². The molecule has 4 nitrogen and oxygen atoms in total. The lowest BCUT2D eigenvalue weighted by Gasteiger charge is -2.24. The topological polar surface area (TPSA) is 46.6 Å². The number of allylic oxidation sites excluding steroid dienone is 3. The molecule has 0 spiro atoms. The Hall–Kier alpha value is -2.79. The zero-order valence-corrected chi connectivity index (χ0v) is 20.4. The lowest BCUT2D eigenvalue weighted by molar-refractivity contribution is 0.678. The third kappa shape index (κ3) is 6.61. The minimum atomic E-state index is 0.553. The van der Waals surface area contributed by atoms with E-state index in [-0.39, 0.29) is 0 Å². The van der Waals surface area contributed by atoms with Crippen molar-refractivity contribution in [2.75, 3.05) is 24.5 Å². The maximum absolute atomic E-state index is 6.10. The van der Waals surface area contributed by atoms with Gasteiger partial charge in [0.15, 0.2) is 0 Å². The van der Waals surface area contributed by atoms with Crippen LogP contribution in [-0.2, 0) is 0 Å². The first-order valence-electron chi connectivity index (χ1n) is 12.2. The quantitative estimate of drug-likeness (QED) is 0.412. The average Bonchev–Trinajstić information content (AvgIpc) is 3.41. The molecule has 3 rings (SSSR count). The number of nitrogens with two attached hydrogens (primary N) is 1. The summed E-state index contributed by atoms with van der Waals surface area (Å²) < 4.78 is 1.64. The van der Waals surface area contributed by atoms with Crippen LogP contribution >= 0.6 is 0 Å². The zero-order valence-electron chi connectivity index (χ0n) is 20.4. The van der Waals surface area contributed by atoms with E-state index >= 15 is 0 Å². The van der Waals surface area contributed by atoms with Crippen molar-refractivity contribution in [2.45, 2.75) is 52.9 Å². The molecule has 5 heteroatoms. The molecule has 0 unspecified atom stereocenters. The lowest BCUT2D eigenvalue weighted by Crippen LogP contribution is -2.25. The van der Waals surface area contributed by atoms with Gasteiger partial charge >= 0.3 is 0 Å². The van der Waals surface area contributed by atoms with E-state index in [4.69, 9.17) is 18.7 Å². The smallest absolute Gasteiger partial charge is 0.234 e. The molecule has 0 aliphatic carbocycles. The van der Waals surface area contributed by atoms with Crippen LogP contribution in [0.15, 0.2) is 71.0 Å². The van der Waals surface area contributed by atoms with Crippen LogP contribution in [0.3, 0.4) is 0 Å². The Morgan fingerprint density at radius 2 is 1.76 bits per heavy atom. The molecule has 0 atom stereocenters. The monoisotopic (exact) mass is 440 g/mol. The first-order chi connectivity index (χ1) is 16.1. The summed E-state index contributed by atoms with van der Waals surface area (Å²) in [7, 11) is 6.10. The van der Waals surface area contributed by atoms with Crippen molar-refractivity contribution in [3.63, 3.8) is 0 Å².